The Bertz CT molecular complexity index is 2140. The number of carbonyl (C=O) groups is 4. The molecule has 570 valence electrons. The van der Waals surface area contributed by atoms with Crippen LogP contribution in [-0.2, 0) is 65.4 Å². The monoisotopic (exact) mass is 1420 g/mol. The van der Waals surface area contributed by atoms with Crippen molar-refractivity contribution in [1.82, 2.24) is 0 Å². The molecule has 0 fully saturated rings. The maximum Gasteiger partial charge on any atom is 0.472 e. The van der Waals surface area contributed by atoms with Gasteiger partial charge in [0.2, 0.25) is 0 Å². The predicted molar refractivity (Wildman–Crippen MR) is 400 cm³/mol. The van der Waals surface area contributed by atoms with Crippen molar-refractivity contribution in [3.05, 3.63) is 72.9 Å². The molecule has 5 atom stereocenters. The summed E-state index contributed by atoms with van der Waals surface area (Å²) in [6.45, 7) is 4.72. The third-order valence-corrected chi connectivity index (χ3v) is 18.6. The van der Waals surface area contributed by atoms with Crippen LogP contribution in [0.5, 0.6) is 0 Å². The van der Waals surface area contributed by atoms with Gasteiger partial charge in [-0.25, -0.2) is 9.13 Å². The van der Waals surface area contributed by atoms with Crippen molar-refractivity contribution in [2.45, 2.75) is 367 Å². The first-order chi connectivity index (χ1) is 47.7. The van der Waals surface area contributed by atoms with Crippen LogP contribution >= 0.6 is 15.6 Å². The molecule has 17 nitrogen and oxygen atoms in total. The lowest BCUT2D eigenvalue weighted by Crippen LogP contribution is -2.30. The van der Waals surface area contributed by atoms with E-state index in [1.807, 2.05) is 0 Å². The standard InChI is InChI=1S/C79H142O17P2/c1-5-9-13-17-21-25-29-32-34-35-36-37-39-41-45-48-52-56-60-64-77(82)90-70-75(96-79(84)66-62-58-54-50-46-42-38-33-30-26-22-18-14-10-6-2)72-94-98(87,88)92-68-73(80)67-91-97(85,86)93-71-74(95-78(83)65-61-57-53-49-43-28-24-20-16-12-8-4)69-89-76(81)63-59-55-51-47-44-40-31-27-23-19-15-11-7-3/h9,13,15,19,21,25,27,31-32,34,36-37,73-75,80H,5-8,10-12,14,16-18,20,22-24,26,28-30,33,35,38-72H2,1-4H3,(H,85,86)(H,87,88)/b13-9-,19-15-,25-21-,31-27-,34-32-,37-36-. The highest BCUT2D eigenvalue weighted by molar-refractivity contribution is 7.47. The smallest absolute Gasteiger partial charge is 0.462 e. The molecule has 0 saturated heterocycles. The lowest BCUT2D eigenvalue weighted by Gasteiger charge is -2.21. The molecule has 0 rings (SSSR count). The summed E-state index contributed by atoms with van der Waals surface area (Å²) in [5.74, 6) is -2.18. The van der Waals surface area contributed by atoms with E-state index in [4.69, 9.17) is 37.0 Å². The van der Waals surface area contributed by atoms with Crippen LogP contribution in [0.15, 0.2) is 72.9 Å². The number of aliphatic hydroxyl groups is 1. The Balaban J connectivity index is 5.30. The van der Waals surface area contributed by atoms with Gasteiger partial charge in [0.25, 0.3) is 0 Å². The number of esters is 4. The first kappa shape index (κ1) is 94.5. The summed E-state index contributed by atoms with van der Waals surface area (Å²) in [5.41, 5.74) is 0. The van der Waals surface area contributed by atoms with Crippen LogP contribution in [0.1, 0.15) is 349 Å². The van der Waals surface area contributed by atoms with Crippen molar-refractivity contribution in [2.75, 3.05) is 39.6 Å². The maximum atomic E-state index is 13.1. The lowest BCUT2D eigenvalue weighted by molar-refractivity contribution is -0.161. The van der Waals surface area contributed by atoms with Gasteiger partial charge in [-0.3, -0.25) is 37.3 Å². The van der Waals surface area contributed by atoms with Gasteiger partial charge in [0.1, 0.15) is 19.3 Å². The quantitative estimate of drug-likeness (QED) is 0.0169. The summed E-state index contributed by atoms with van der Waals surface area (Å²) in [5, 5.41) is 10.6. The molecule has 0 spiro atoms. The second-order valence-electron chi connectivity index (χ2n) is 26.3. The van der Waals surface area contributed by atoms with Gasteiger partial charge in [-0.15, -0.1) is 0 Å². The Morgan fingerprint density at radius 3 is 0.857 bits per heavy atom. The molecule has 0 aromatic heterocycles. The minimum atomic E-state index is -4.97. The summed E-state index contributed by atoms with van der Waals surface area (Å²) < 4.78 is 68.5. The Kier molecular flexibility index (Phi) is 69.3. The minimum absolute atomic E-state index is 0.0971. The first-order valence-electron chi connectivity index (χ1n) is 39.2. The van der Waals surface area contributed by atoms with Crippen molar-refractivity contribution in [1.29, 1.82) is 0 Å². The molecule has 0 aromatic rings. The van der Waals surface area contributed by atoms with Crippen LogP contribution in [0, 0.1) is 0 Å². The molecule has 19 heteroatoms. The van der Waals surface area contributed by atoms with Gasteiger partial charge in [0, 0.05) is 25.7 Å². The Morgan fingerprint density at radius 1 is 0.296 bits per heavy atom. The summed E-state index contributed by atoms with van der Waals surface area (Å²) in [6.07, 6.45) is 71.7. The highest BCUT2D eigenvalue weighted by Gasteiger charge is 2.30. The van der Waals surface area contributed by atoms with Gasteiger partial charge < -0.3 is 33.8 Å². The van der Waals surface area contributed by atoms with Crippen molar-refractivity contribution in [2.24, 2.45) is 0 Å². The number of phosphoric acid groups is 2. The summed E-state index contributed by atoms with van der Waals surface area (Å²) in [4.78, 5) is 72.8. The Labute approximate surface area is 596 Å². The number of hydrogen-bond donors (Lipinski definition) is 3. The number of aliphatic hydroxyl groups excluding tert-OH is 1. The van der Waals surface area contributed by atoms with Crippen LogP contribution in [0.4, 0.5) is 0 Å². The molecule has 0 aliphatic rings. The van der Waals surface area contributed by atoms with Gasteiger partial charge in [0.15, 0.2) is 12.2 Å². The van der Waals surface area contributed by atoms with E-state index in [1.54, 1.807) is 0 Å². The van der Waals surface area contributed by atoms with E-state index in [0.717, 1.165) is 167 Å². The first-order valence-corrected chi connectivity index (χ1v) is 42.2. The molecule has 0 bridgehead atoms. The average molecular weight is 1430 g/mol. The average Bonchev–Trinajstić information content (AvgIpc) is 0.992. The van der Waals surface area contributed by atoms with Crippen LogP contribution in [0.3, 0.4) is 0 Å². The molecule has 0 aliphatic heterocycles. The summed E-state index contributed by atoms with van der Waals surface area (Å²) >= 11 is 0. The molecule has 0 heterocycles. The van der Waals surface area contributed by atoms with Gasteiger partial charge in [-0.05, 0) is 89.9 Å². The van der Waals surface area contributed by atoms with Crippen LogP contribution in [0.2, 0.25) is 0 Å². The third-order valence-electron chi connectivity index (χ3n) is 16.7. The number of carbonyl (C=O) groups excluding carboxylic acids is 4. The highest BCUT2D eigenvalue weighted by Crippen LogP contribution is 2.45. The van der Waals surface area contributed by atoms with Crippen molar-refractivity contribution >= 4 is 39.5 Å². The SMILES string of the molecule is CC/C=C\C/C=C\C/C=C\C/C=C\CCCCCCCCC(=O)OCC(COP(=O)(O)OCC(O)COP(=O)(O)OCC(COC(=O)CCCCCCC/C=C\C/C=C\CCC)OC(=O)CCCCCCCCCCCCC)OC(=O)CCCCCCCCCCCCCCCCC. The molecule has 0 saturated carbocycles. The van der Waals surface area contributed by atoms with E-state index in [1.165, 1.54) is 103 Å². The largest absolute Gasteiger partial charge is 0.472 e. The van der Waals surface area contributed by atoms with Crippen LogP contribution in [0.25, 0.3) is 0 Å². The second-order valence-corrected chi connectivity index (χ2v) is 29.2. The van der Waals surface area contributed by atoms with E-state index in [2.05, 4.69) is 101 Å². The van der Waals surface area contributed by atoms with Crippen molar-refractivity contribution < 1.29 is 80.2 Å². The predicted octanol–water partition coefficient (Wildman–Crippen LogP) is 22.4. The number of allylic oxidation sites excluding steroid dienone is 12. The zero-order valence-corrected chi connectivity index (χ0v) is 64.0. The normalized spacial score (nSPS) is 14.3. The fraction of sp³-hybridized carbons (Fsp3) is 0.797. The molecular formula is C79H142O17P2. The van der Waals surface area contributed by atoms with Gasteiger partial charge in [0.05, 0.1) is 26.4 Å². The zero-order chi connectivity index (χ0) is 71.8. The molecule has 0 aromatic carbocycles. The Morgan fingerprint density at radius 2 is 0.551 bits per heavy atom. The van der Waals surface area contributed by atoms with Gasteiger partial charge in [-0.2, -0.15) is 0 Å². The number of rotatable bonds is 74. The van der Waals surface area contributed by atoms with E-state index in [9.17, 15) is 43.2 Å². The highest BCUT2D eigenvalue weighted by atomic mass is 31.2. The van der Waals surface area contributed by atoms with Gasteiger partial charge in [-0.1, -0.05) is 306 Å². The Hall–Kier alpha value is -3.50. The van der Waals surface area contributed by atoms with E-state index in [0.29, 0.717) is 25.7 Å². The number of hydrogen-bond acceptors (Lipinski definition) is 15. The minimum Gasteiger partial charge on any atom is -0.462 e. The van der Waals surface area contributed by atoms with E-state index >= 15 is 0 Å². The van der Waals surface area contributed by atoms with E-state index < -0.39 is 97.5 Å². The lowest BCUT2D eigenvalue weighted by atomic mass is 10.0. The van der Waals surface area contributed by atoms with E-state index in [-0.39, 0.29) is 25.7 Å². The molecule has 98 heavy (non-hydrogen) atoms. The molecule has 5 unspecified atom stereocenters. The molecular weight excluding hydrogens is 1280 g/mol. The topological polar surface area (TPSA) is 237 Å². The second kappa shape index (κ2) is 71.9. The van der Waals surface area contributed by atoms with Gasteiger partial charge >= 0.3 is 39.5 Å². The number of phosphoric ester groups is 2. The fourth-order valence-corrected chi connectivity index (χ4v) is 12.3. The molecule has 3 N–H and O–H groups in total. The molecule has 0 aliphatic carbocycles. The van der Waals surface area contributed by atoms with Crippen LogP contribution in [-0.4, -0.2) is 96.7 Å². The van der Waals surface area contributed by atoms with Crippen molar-refractivity contribution in [3.63, 3.8) is 0 Å². The fourth-order valence-electron chi connectivity index (χ4n) is 10.7. The van der Waals surface area contributed by atoms with Crippen molar-refractivity contribution in [3.8, 4) is 0 Å². The number of unbranched alkanes of at least 4 members (excludes halogenated alkanes) is 36. The number of ether oxygens (including phenoxy) is 4. The van der Waals surface area contributed by atoms with Crippen LogP contribution < -0.4 is 0 Å². The third kappa shape index (κ3) is 70.9. The summed E-state index contributed by atoms with van der Waals surface area (Å²) in [7, 11) is -9.94. The maximum absolute atomic E-state index is 13.1. The molecule has 0 amide bonds. The summed E-state index contributed by atoms with van der Waals surface area (Å²) in [6, 6.07) is 0. The molecule has 0 radical (unpaired) electrons. The zero-order valence-electron chi connectivity index (χ0n) is 62.2.